The Morgan fingerprint density at radius 3 is 1.37 bits per heavy atom. The third-order valence-corrected chi connectivity index (χ3v) is 6.07. The van der Waals surface area contributed by atoms with Crippen molar-refractivity contribution < 1.29 is 80.9 Å². The molecule has 0 aliphatic carbocycles. The molecule has 2 fully saturated rings. The van der Waals surface area contributed by atoms with Gasteiger partial charge in [0.25, 0.3) is 0 Å². The summed E-state index contributed by atoms with van der Waals surface area (Å²) in [6, 6.07) is 0. The van der Waals surface area contributed by atoms with Crippen molar-refractivity contribution in [2.45, 2.75) is 110 Å². The van der Waals surface area contributed by atoms with Gasteiger partial charge in [-0.05, 0) is 5.53 Å². The number of hydrogen-bond acceptors (Lipinski definition) is 18. The van der Waals surface area contributed by atoms with E-state index in [2.05, 4.69) is 10.0 Å². The summed E-state index contributed by atoms with van der Waals surface area (Å²) in [7, 11) is 0. The maximum Gasteiger partial charge on any atom is 0.303 e. The van der Waals surface area contributed by atoms with Crippen LogP contribution in [0.5, 0.6) is 0 Å². The fourth-order valence-corrected chi connectivity index (χ4v) is 4.63. The van der Waals surface area contributed by atoms with Gasteiger partial charge in [0, 0.05) is 53.4 Å². The average Bonchev–Trinajstić information content (AvgIpc) is 2.91. The van der Waals surface area contributed by atoms with Crippen LogP contribution in [0.2, 0.25) is 0 Å². The van der Waals surface area contributed by atoms with Crippen molar-refractivity contribution in [1.82, 2.24) is 0 Å². The molecule has 2 heterocycles. The largest absolute Gasteiger partial charge is 0.463 e. The molecule has 0 aromatic rings. The van der Waals surface area contributed by atoms with E-state index in [0.717, 1.165) is 48.5 Å². The first kappa shape index (κ1) is 37.7. The normalized spacial score (nSPS) is 30.3. The molecule has 0 amide bonds. The Morgan fingerprint density at radius 2 is 0.935 bits per heavy atom. The number of azide groups is 1. The van der Waals surface area contributed by atoms with Crippen molar-refractivity contribution in [3.05, 3.63) is 10.4 Å². The first-order chi connectivity index (χ1) is 21.5. The molecule has 0 spiro atoms. The predicted octanol–water partition coefficient (Wildman–Crippen LogP) is -0.0836. The molecule has 20 nitrogen and oxygen atoms in total. The fourth-order valence-electron chi connectivity index (χ4n) is 4.63. The van der Waals surface area contributed by atoms with Gasteiger partial charge in [0.1, 0.15) is 31.5 Å². The highest BCUT2D eigenvalue weighted by atomic mass is 16.8. The second kappa shape index (κ2) is 17.2. The lowest BCUT2D eigenvalue weighted by molar-refractivity contribution is -0.344. The smallest absolute Gasteiger partial charge is 0.303 e. The number of hydrogen-bond donors (Lipinski definition) is 0. The van der Waals surface area contributed by atoms with Crippen LogP contribution in [0.25, 0.3) is 10.4 Å². The number of ether oxygens (including phenoxy) is 10. The maximum atomic E-state index is 12.2. The van der Waals surface area contributed by atoms with E-state index >= 15 is 0 Å². The predicted molar refractivity (Wildman–Crippen MR) is 142 cm³/mol. The molecule has 2 saturated heterocycles. The van der Waals surface area contributed by atoms with E-state index in [4.69, 9.17) is 52.9 Å². The molecule has 0 radical (unpaired) electrons. The molecule has 0 aromatic carbocycles. The molecular weight excluding hydrogens is 626 g/mol. The summed E-state index contributed by atoms with van der Waals surface area (Å²) in [5.74, 6) is -6.10. The van der Waals surface area contributed by atoms with Gasteiger partial charge < -0.3 is 47.4 Å². The third kappa shape index (κ3) is 11.1. The lowest BCUT2D eigenvalue weighted by Gasteiger charge is -2.48. The van der Waals surface area contributed by atoms with E-state index in [0.29, 0.717) is 0 Å². The summed E-state index contributed by atoms with van der Waals surface area (Å²) < 4.78 is 54.8. The maximum absolute atomic E-state index is 12.2. The van der Waals surface area contributed by atoms with Gasteiger partial charge in [0.05, 0.1) is 0 Å². The molecule has 2 rings (SSSR count). The Balaban J connectivity index is 2.73. The summed E-state index contributed by atoms with van der Waals surface area (Å²) in [6.07, 6.45) is -16.1. The lowest BCUT2D eigenvalue weighted by Crippen LogP contribution is -2.67. The molecule has 20 heteroatoms. The summed E-state index contributed by atoms with van der Waals surface area (Å²) in [5.41, 5.74) is 9.13. The van der Waals surface area contributed by atoms with Gasteiger partial charge in [0.2, 0.25) is 0 Å². The van der Waals surface area contributed by atoms with E-state index in [1.165, 1.54) is 0 Å². The summed E-state index contributed by atoms with van der Waals surface area (Å²) in [6.45, 7) is 6.05. The zero-order valence-corrected chi connectivity index (χ0v) is 26.0. The van der Waals surface area contributed by atoms with Crippen LogP contribution >= 0.6 is 0 Å². The Labute approximate surface area is 261 Å². The highest BCUT2D eigenvalue weighted by Gasteiger charge is 2.57. The summed E-state index contributed by atoms with van der Waals surface area (Å²) in [5, 5.41) is 3.46. The van der Waals surface area contributed by atoms with Gasteiger partial charge in [-0.1, -0.05) is 5.11 Å². The standard InChI is InChI=1S/C26H35N3O17/c1-10(30)37-8-17-20(21(40-13(4)33)23(42-15(6)35)25(44-17)28-29-27)46-26-24(43-16(7)36)22(41-14(5)34)19(39-12(3)32)18(45-26)9-38-11(2)31/h17-26H,8-9H2,1-7H3/t17?,18?,19-,20+,21?,22?,23?,24?,25+,26-/m0/s1. The minimum absolute atomic E-state index is 0.585. The minimum Gasteiger partial charge on any atom is -0.463 e. The van der Waals surface area contributed by atoms with Crippen LogP contribution < -0.4 is 0 Å². The van der Waals surface area contributed by atoms with Crippen LogP contribution in [0.4, 0.5) is 0 Å². The monoisotopic (exact) mass is 661 g/mol. The highest BCUT2D eigenvalue weighted by molar-refractivity contribution is 5.69. The van der Waals surface area contributed by atoms with Crippen LogP contribution in [0.3, 0.4) is 0 Å². The van der Waals surface area contributed by atoms with Crippen LogP contribution in [0.15, 0.2) is 5.11 Å². The SMILES string of the molecule is CC(=O)OCC1O[C@@H](N=[N+]=[N-])C(OC(C)=O)C(OC(C)=O)[C@@H]1O[C@@H]1OC(COC(C)=O)[C@H](OC(C)=O)C(OC(C)=O)C1OC(C)=O. The highest BCUT2D eigenvalue weighted by Crippen LogP contribution is 2.35. The number of carbonyl (C=O) groups is 7. The quantitative estimate of drug-likeness (QED) is 0.0870. The van der Waals surface area contributed by atoms with Gasteiger partial charge in [-0.2, -0.15) is 0 Å². The zero-order valence-electron chi connectivity index (χ0n) is 26.0. The number of carbonyl (C=O) groups excluding carboxylic acids is 7. The molecule has 10 atom stereocenters. The zero-order chi connectivity index (χ0) is 34.7. The molecule has 0 bridgehead atoms. The number of esters is 7. The second-order valence-corrected chi connectivity index (χ2v) is 9.89. The topological polar surface area (TPSA) is 261 Å². The molecule has 0 saturated carbocycles. The van der Waals surface area contributed by atoms with Gasteiger partial charge in [-0.15, -0.1) is 0 Å². The minimum atomic E-state index is -1.82. The van der Waals surface area contributed by atoms with Gasteiger partial charge in [-0.3, -0.25) is 33.6 Å². The van der Waals surface area contributed by atoms with Crippen LogP contribution in [0, 0.1) is 0 Å². The van der Waals surface area contributed by atoms with E-state index in [1.54, 1.807) is 0 Å². The Hall–Kier alpha value is -4.52. The number of nitrogens with zero attached hydrogens (tertiary/aromatic N) is 3. The van der Waals surface area contributed by atoms with Crippen molar-refractivity contribution in [2.75, 3.05) is 13.2 Å². The van der Waals surface area contributed by atoms with Crippen molar-refractivity contribution in [3.63, 3.8) is 0 Å². The Kier molecular flexibility index (Phi) is 14.1. The average molecular weight is 662 g/mol. The second-order valence-electron chi connectivity index (χ2n) is 9.89. The van der Waals surface area contributed by atoms with Crippen LogP contribution in [0.1, 0.15) is 48.5 Å². The van der Waals surface area contributed by atoms with Gasteiger partial charge >= 0.3 is 41.8 Å². The fraction of sp³-hybridized carbons (Fsp3) is 0.731. The molecule has 0 aromatic heterocycles. The molecule has 0 N–H and O–H groups in total. The lowest BCUT2D eigenvalue weighted by atomic mass is 9.95. The first-order valence-electron chi connectivity index (χ1n) is 13.7. The first-order valence-corrected chi connectivity index (χ1v) is 13.7. The van der Waals surface area contributed by atoms with Crippen LogP contribution in [-0.4, -0.2) is 116 Å². The molecule has 2 aliphatic rings. The van der Waals surface area contributed by atoms with Gasteiger partial charge in [-0.25, -0.2) is 0 Å². The van der Waals surface area contributed by atoms with Crippen molar-refractivity contribution >= 4 is 41.8 Å². The summed E-state index contributed by atoms with van der Waals surface area (Å²) >= 11 is 0. The molecule has 2 aliphatic heterocycles. The molecular formula is C26H35N3O17. The van der Waals surface area contributed by atoms with Crippen molar-refractivity contribution in [2.24, 2.45) is 5.11 Å². The molecule has 256 valence electrons. The third-order valence-electron chi connectivity index (χ3n) is 6.07. The van der Waals surface area contributed by atoms with Gasteiger partial charge in [0.15, 0.2) is 43.0 Å². The Bertz CT molecular complexity index is 1220. The number of rotatable bonds is 12. The summed E-state index contributed by atoms with van der Waals surface area (Å²) in [4.78, 5) is 86.7. The molecule has 6 unspecified atom stereocenters. The van der Waals surface area contributed by atoms with E-state index in [-0.39, 0.29) is 0 Å². The van der Waals surface area contributed by atoms with Crippen LogP contribution in [-0.2, 0) is 80.9 Å². The Morgan fingerprint density at radius 1 is 0.543 bits per heavy atom. The van der Waals surface area contributed by atoms with E-state index < -0.39 is 116 Å². The van der Waals surface area contributed by atoms with E-state index in [1.807, 2.05) is 0 Å². The van der Waals surface area contributed by atoms with E-state index in [9.17, 15) is 33.6 Å². The van der Waals surface area contributed by atoms with Crippen molar-refractivity contribution in [1.29, 1.82) is 0 Å². The molecule has 46 heavy (non-hydrogen) atoms. The van der Waals surface area contributed by atoms with Crippen molar-refractivity contribution in [3.8, 4) is 0 Å².